The fourth-order valence-corrected chi connectivity index (χ4v) is 3.59. The van der Waals surface area contributed by atoms with Crippen molar-refractivity contribution in [3.63, 3.8) is 0 Å². The molecule has 1 heterocycles. The van der Waals surface area contributed by atoms with E-state index in [1.165, 1.54) is 9.47 Å². The van der Waals surface area contributed by atoms with Crippen LogP contribution in [-0.2, 0) is 11.3 Å². The van der Waals surface area contributed by atoms with E-state index >= 15 is 0 Å². The van der Waals surface area contributed by atoms with Crippen LogP contribution >= 0.6 is 0 Å². The zero-order valence-electron chi connectivity index (χ0n) is 16.1. The van der Waals surface area contributed by atoms with Gasteiger partial charge < -0.3 is 10.6 Å². The summed E-state index contributed by atoms with van der Waals surface area (Å²) in [5.74, 6) is 0.0129. The number of carbonyl (C=O) groups excluding carboxylic acids is 1. The van der Waals surface area contributed by atoms with Crippen molar-refractivity contribution in [2.24, 2.45) is 5.92 Å². The van der Waals surface area contributed by atoms with Gasteiger partial charge in [-0.15, -0.1) is 0 Å². The van der Waals surface area contributed by atoms with E-state index in [4.69, 9.17) is 5.73 Å². The van der Waals surface area contributed by atoms with Crippen molar-refractivity contribution in [3.05, 3.63) is 20.8 Å². The molecule has 1 saturated carbocycles. The maximum atomic E-state index is 13.1. The Balaban J connectivity index is 2.44. The largest absolute Gasteiger partial charge is 0.383 e. The highest BCUT2D eigenvalue weighted by molar-refractivity contribution is 5.97. The van der Waals surface area contributed by atoms with Crippen LogP contribution in [0.1, 0.15) is 71.6 Å². The lowest BCUT2D eigenvalue weighted by atomic mass is 9.88. The molecule has 0 aromatic carbocycles. The standard InChI is InChI=1S/C19H32N4O3/c1-3-5-12-22(18(25)14-10-8-7-9-11-14)15-16(20)23(13-6-4-2)19(26)21-17(15)24/h14H,3-13,20H2,1-2H3,(H,21,24,26). The molecule has 1 fully saturated rings. The van der Waals surface area contributed by atoms with E-state index in [9.17, 15) is 14.4 Å². The predicted molar refractivity (Wildman–Crippen MR) is 104 cm³/mol. The number of amides is 1. The second kappa shape index (κ2) is 9.59. The summed E-state index contributed by atoms with van der Waals surface area (Å²) in [4.78, 5) is 41.7. The van der Waals surface area contributed by atoms with Gasteiger partial charge in [0.15, 0.2) is 5.69 Å². The molecule has 26 heavy (non-hydrogen) atoms. The van der Waals surface area contributed by atoms with E-state index in [-0.39, 0.29) is 23.3 Å². The number of nitrogen functional groups attached to an aromatic ring is 1. The zero-order chi connectivity index (χ0) is 19.1. The highest BCUT2D eigenvalue weighted by Gasteiger charge is 2.30. The molecule has 1 aromatic rings. The minimum atomic E-state index is -0.569. The molecule has 0 atom stereocenters. The number of H-pyrrole nitrogens is 1. The topological polar surface area (TPSA) is 101 Å². The molecule has 0 spiro atoms. The lowest BCUT2D eigenvalue weighted by Gasteiger charge is -2.30. The SMILES string of the molecule is CCCCN(C(=O)C1CCCCC1)c1c(N)n(CCCC)c(=O)[nH]c1=O. The van der Waals surface area contributed by atoms with Crippen molar-refractivity contribution in [1.29, 1.82) is 0 Å². The molecular weight excluding hydrogens is 332 g/mol. The van der Waals surface area contributed by atoms with Gasteiger partial charge in [0.2, 0.25) is 5.91 Å². The maximum absolute atomic E-state index is 13.1. The van der Waals surface area contributed by atoms with Crippen molar-refractivity contribution >= 4 is 17.4 Å². The average Bonchev–Trinajstić information content (AvgIpc) is 2.64. The van der Waals surface area contributed by atoms with Gasteiger partial charge in [0.1, 0.15) is 5.82 Å². The fraction of sp³-hybridized carbons (Fsp3) is 0.737. The number of anilines is 2. The molecule has 0 aliphatic heterocycles. The van der Waals surface area contributed by atoms with Crippen LogP contribution < -0.4 is 21.9 Å². The van der Waals surface area contributed by atoms with Crippen molar-refractivity contribution in [2.75, 3.05) is 17.2 Å². The Bertz CT molecular complexity index is 716. The van der Waals surface area contributed by atoms with Gasteiger partial charge in [0.25, 0.3) is 5.56 Å². The Labute approximate surface area is 154 Å². The predicted octanol–water partition coefficient (Wildman–Crippen LogP) is 2.63. The molecule has 2 rings (SSSR count). The van der Waals surface area contributed by atoms with E-state index < -0.39 is 11.2 Å². The molecule has 0 radical (unpaired) electrons. The molecule has 1 amide bonds. The lowest BCUT2D eigenvalue weighted by Crippen LogP contribution is -2.44. The zero-order valence-corrected chi connectivity index (χ0v) is 16.1. The lowest BCUT2D eigenvalue weighted by molar-refractivity contribution is -0.123. The van der Waals surface area contributed by atoms with Gasteiger partial charge in [-0.05, 0) is 25.7 Å². The van der Waals surface area contributed by atoms with E-state index in [0.717, 1.165) is 57.8 Å². The first kappa shape index (κ1) is 20.3. The van der Waals surface area contributed by atoms with Gasteiger partial charge in [-0.2, -0.15) is 0 Å². The molecule has 146 valence electrons. The number of nitrogens with zero attached hydrogens (tertiary/aromatic N) is 2. The summed E-state index contributed by atoms with van der Waals surface area (Å²) >= 11 is 0. The number of rotatable bonds is 8. The Morgan fingerprint density at radius 2 is 1.81 bits per heavy atom. The Hall–Kier alpha value is -2.05. The Morgan fingerprint density at radius 3 is 2.42 bits per heavy atom. The van der Waals surface area contributed by atoms with E-state index in [1.807, 2.05) is 13.8 Å². The Kier molecular flexibility index (Phi) is 7.48. The quantitative estimate of drug-likeness (QED) is 0.740. The third-order valence-corrected chi connectivity index (χ3v) is 5.18. The van der Waals surface area contributed by atoms with Gasteiger partial charge in [-0.1, -0.05) is 46.0 Å². The fourth-order valence-electron chi connectivity index (χ4n) is 3.59. The first-order valence-corrected chi connectivity index (χ1v) is 9.95. The highest BCUT2D eigenvalue weighted by atomic mass is 16.2. The van der Waals surface area contributed by atoms with Gasteiger partial charge in [0.05, 0.1) is 0 Å². The van der Waals surface area contributed by atoms with Crippen LogP contribution in [0.3, 0.4) is 0 Å². The third-order valence-electron chi connectivity index (χ3n) is 5.18. The normalized spacial score (nSPS) is 15.2. The van der Waals surface area contributed by atoms with Crippen LogP contribution in [0, 0.1) is 5.92 Å². The van der Waals surface area contributed by atoms with Gasteiger partial charge in [-0.3, -0.25) is 19.1 Å². The minimum absolute atomic E-state index is 0.0314. The van der Waals surface area contributed by atoms with Gasteiger partial charge in [-0.25, -0.2) is 4.79 Å². The number of hydrogen-bond donors (Lipinski definition) is 2. The maximum Gasteiger partial charge on any atom is 0.330 e. The molecule has 7 heteroatoms. The van der Waals surface area contributed by atoms with E-state index in [1.54, 1.807) is 0 Å². The number of hydrogen-bond acceptors (Lipinski definition) is 4. The van der Waals surface area contributed by atoms with Crippen LogP contribution in [-0.4, -0.2) is 22.0 Å². The van der Waals surface area contributed by atoms with Crippen molar-refractivity contribution in [1.82, 2.24) is 9.55 Å². The van der Waals surface area contributed by atoms with E-state index in [2.05, 4.69) is 4.98 Å². The first-order chi connectivity index (χ1) is 12.5. The van der Waals surface area contributed by atoms with Crippen molar-refractivity contribution in [3.8, 4) is 0 Å². The van der Waals surface area contributed by atoms with Gasteiger partial charge >= 0.3 is 5.69 Å². The van der Waals surface area contributed by atoms with Crippen LogP contribution in [0.25, 0.3) is 0 Å². The second-order valence-corrected chi connectivity index (χ2v) is 7.18. The number of nitrogens with two attached hydrogens (primary N) is 1. The molecule has 1 aromatic heterocycles. The minimum Gasteiger partial charge on any atom is -0.383 e. The number of unbranched alkanes of at least 4 members (excludes halogenated alkanes) is 2. The summed E-state index contributed by atoms with van der Waals surface area (Å²) in [6, 6.07) is 0. The first-order valence-electron chi connectivity index (χ1n) is 9.95. The molecular formula is C19H32N4O3. The third kappa shape index (κ3) is 4.56. The van der Waals surface area contributed by atoms with Crippen LogP contribution in [0.5, 0.6) is 0 Å². The summed E-state index contributed by atoms with van der Waals surface area (Å²) in [6.07, 6.45) is 8.32. The molecule has 3 N–H and O–H groups in total. The summed E-state index contributed by atoms with van der Waals surface area (Å²) < 4.78 is 1.38. The van der Waals surface area contributed by atoms with E-state index in [0.29, 0.717) is 13.1 Å². The molecule has 0 bridgehead atoms. The summed E-state index contributed by atoms with van der Waals surface area (Å²) in [7, 11) is 0. The molecule has 0 unspecified atom stereocenters. The highest BCUT2D eigenvalue weighted by Crippen LogP contribution is 2.28. The van der Waals surface area contributed by atoms with Crippen molar-refractivity contribution in [2.45, 2.75) is 78.2 Å². The molecule has 0 saturated heterocycles. The Morgan fingerprint density at radius 1 is 1.15 bits per heavy atom. The number of carbonyl (C=O) groups is 1. The van der Waals surface area contributed by atoms with Crippen LogP contribution in [0.15, 0.2) is 9.59 Å². The summed E-state index contributed by atoms with van der Waals surface area (Å²) in [5.41, 5.74) is 5.28. The molecule has 1 aliphatic carbocycles. The van der Waals surface area contributed by atoms with Gasteiger partial charge in [0, 0.05) is 19.0 Å². The number of aromatic nitrogens is 2. The number of nitrogens with one attached hydrogen (secondary N) is 1. The molecule has 7 nitrogen and oxygen atoms in total. The summed E-state index contributed by atoms with van der Waals surface area (Å²) in [6.45, 7) is 4.95. The van der Waals surface area contributed by atoms with Crippen molar-refractivity contribution < 1.29 is 4.79 Å². The monoisotopic (exact) mass is 364 g/mol. The van der Waals surface area contributed by atoms with Crippen LogP contribution in [0.4, 0.5) is 11.5 Å². The average molecular weight is 364 g/mol. The second-order valence-electron chi connectivity index (χ2n) is 7.18. The summed E-state index contributed by atoms with van der Waals surface area (Å²) in [5, 5.41) is 0. The number of aromatic amines is 1. The van der Waals surface area contributed by atoms with Crippen LogP contribution in [0.2, 0.25) is 0 Å². The smallest absolute Gasteiger partial charge is 0.330 e. The molecule has 1 aliphatic rings.